The molecule has 7 heteroatoms. The van der Waals surface area contributed by atoms with E-state index in [-0.39, 0.29) is 11.9 Å². The topological polar surface area (TPSA) is 84.0 Å². The Bertz CT molecular complexity index is 603. The van der Waals surface area contributed by atoms with Crippen molar-refractivity contribution < 1.29 is 14.3 Å². The van der Waals surface area contributed by atoms with Gasteiger partial charge in [-0.25, -0.2) is 4.99 Å². The summed E-state index contributed by atoms with van der Waals surface area (Å²) in [6.45, 7) is 10.7. The van der Waals surface area contributed by atoms with Crippen LogP contribution in [0.1, 0.15) is 38.3 Å². The zero-order chi connectivity index (χ0) is 20.1. The van der Waals surface area contributed by atoms with Crippen molar-refractivity contribution in [3.63, 3.8) is 0 Å². The molecule has 0 aromatic heterocycles. The minimum Gasteiger partial charge on any atom is -0.491 e. The highest BCUT2D eigenvalue weighted by Crippen LogP contribution is 2.21. The van der Waals surface area contributed by atoms with Gasteiger partial charge in [0.05, 0.1) is 13.2 Å². The van der Waals surface area contributed by atoms with Crippen LogP contribution in [0.15, 0.2) is 23.2 Å². The number of methoxy groups -OCH3 is 1. The molecular formula is C20H34N4O3. The molecule has 0 unspecified atom stereocenters. The quantitative estimate of drug-likeness (QED) is 0.312. The molecule has 1 aromatic carbocycles. The highest BCUT2D eigenvalue weighted by Gasteiger charge is 2.06. The second kappa shape index (κ2) is 13.0. The Hall–Kier alpha value is -2.28. The predicted octanol–water partition coefficient (Wildman–Crippen LogP) is 1.99. The Labute approximate surface area is 162 Å². The third kappa shape index (κ3) is 9.84. The van der Waals surface area contributed by atoms with Gasteiger partial charge >= 0.3 is 0 Å². The first-order valence-corrected chi connectivity index (χ1v) is 9.49. The second-order valence-corrected chi connectivity index (χ2v) is 6.55. The number of nitrogens with one attached hydrogen (secondary N) is 3. The van der Waals surface area contributed by atoms with Crippen LogP contribution in [0.25, 0.3) is 0 Å². The van der Waals surface area contributed by atoms with Crippen LogP contribution in [0.3, 0.4) is 0 Å². The maximum atomic E-state index is 11.7. The van der Waals surface area contributed by atoms with Crippen molar-refractivity contribution in [2.24, 2.45) is 4.99 Å². The van der Waals surface area contributed by atoms with Crippen LogP contribution in [0, 0.1) is 6.92 Å². The van der Waals surface area contributed by atoms with Crippen LogP contribution in [0.4, 0.5) is 0 Å². The summed E-state index contributed by atoms with van der Waals surface area (Å²) in [6.07, 6.45) is 0.401. The minimum absolute atomic E-state index is 0.0284. The van der Waals surface area contributed by atoms with Crippen LogP contribution >= 0.6 is 0 Å². The number of ether oxygens (including phenoxy) is 2. The lowest BCUT2D eigenvalue weighted by molar-refractivity contribution is -0.121. The van der Waals surface area contributed by atoms with E-state index in [1.165, 1.54) is 0 Å². The molecule has 0 bridgehead atoms. The Morgan fingerprint density at radius 1 is 1.22 bits per heavy atom. The molecule has 1 aromatic rings. The standard InChI is InChI=1S/C20H34N4O3/c1-6-21-20(22-10-9-19(25)24-15(2)3)23-14-17-8-7-16(4)13-18(17)27-12-11-26-5/h7-8,13,15H,6,9-12,14H2,1-5H3,(H,24,25)(H2,21,22,23). The number of hydrogen-bond acceptors (Lipinski definition) is 4. The van der Waals surface area contributed by atoms with Gasteiger partial charge in [-0.05, 0) is 39.3 Å². The number of guanidine groups is 1. The van der Waals surface area contributed by atoms with E-state index >= 15 is 0 Å². The highest BCUT2D eigenvalue weighted by molar-refractivity contribution is 5.81. The Morgan fingerprint density at radius 2 is 2.00 bits per heavy atom. The number of benzene rings is 1. The highest BCUT2D eigenvalue weighted by atomic mass is 16.5. The summed E-state index contributed by atoms with van der Waals surface area (Å²) in [5, 5.41) is 9.27. The number of nitrogens with zero attached hydrogens (tertiary/aromatic N) is 1. The first-order chi connectivity index (χ1) is 13.0. The first-order valence-electron chi connectivity index (χ1n) is 9.49. The summed E-state index contributed by atoms with van der Waals surface area (Å²) in [6, 6.07) is 6.24. The molecule has 0 atom stereocenters. The Morgan fingerprint density at radius 3 is 2.67 bits per heavy atom. The van der Waals surface area contributed by atoms with E-state index in [1.54, 1.807) is 7.11 Å². The van der Waals surface area contributed by atoms with Gasteiger partial charge in [-0.1, -0.05) is 12.1 Å². The van der Waals surface area contributed by atoms with Crippen molar-refractivity contribution >= 4 is 11.9 Å². The van der Waals surface area contributed by atoms with E-state index in [1.807, 2.05) is 45.9 Å². The van der Waals surface area contributed by atoms with Gasteiger partial charge in [0.15, 0.2) is 5.96 Å². The fraction of sp³-hybridized carbons (Fsp3) is 0.600. The summed E-state index contributed by atoms with van der Waals surface area (Å²) in [5.41, 5.74) is 2.14. The minimum atomic E-state index is 0.0284. The molecule has 0 aliphatic rings. The normalized spacial score (nSPS) is 11.4. The molecule has 0 spiro atoms. The maximum Gasteiger partial charge on any atom is 0.221 e. The average Bonchev–Trinajstić information content (AvgIpc) is 2.60. The van der Waals surface area contributed by atoms with Crippen LogP contribution in [0.5, 0.6) is 5.75 Å². The van der Waals surface area contributed by atoms with Gasteiger partial charge in [-0.3, -0.25) is 4.79 Å². The predicted molar refractivity (Wildman–Crippen MR) is 109 cm³/mol. The van der Waals surface area contributed by atoms with E-state index < -0.39 is 0 Å². The van der Waals surface area contributed by atoms with Gasteiger partial charge in [0.25, 0.3) is 0 Å². The Balaban J connectivity index is 2.67. The van der Waals surface area contributed by atoms with Crippen LogP contribution in [0.2, 0.25) is 0 Å². The molecule has 1 amide bonds. The third-order valence-electron chi connectivity index (χ3n) is 3.61. The summed E-state index contributed by atoms with van der Waals surface area (Å²) in [7, 11) is 1.65. The molecular weight excluding hydrogens is 344 g/mol. The number of carbonyl (C=O) groups is 1. The van der Waals surface area contributed by atoms with Crippen LogP contribution in [-0.2, 0) is 16.1 Å². The van der Waals surface area contributed by atoms with Crippen molar-refractivity contribution in [2.45, 2.75) is 46.7 Å². The number of amides is 1. The summed E-state index contributed by atoms with van der Waals surface area (Å²) in [5.74, 6) is 1.53. The number of rotatable bonds is 11. The summed E-state index contributed by atoms with van der Waals surface area (Å²) < 4.78 is 10.9. The van der Waals surface area contributed by atoms with Crippen molar-refractivity contribution in [1.82, 2.24) is 16.0 Å². The number of aryl methyl sites for hydroxylation is 1. The summed E-state index contributed by atoms with van der Waals surface area (Å²) >= 11 is 0. The fourth-order valence-electron chi connectivity index (χ4n) is 2.36. The van der Waals surface area contributed by atoms with Gasteiger partial charge < -0.3 is 25.4 Å². The molecule has 152 valence electrons. The van der Waals surface area contributed by atoms with E-state index in [4.69, 9.17) is 9.47 Å². The zero-order valence-corrected chi connectivity index (χ0v) is 17.2. The van der Waals surface area contributed by atoms with E-state index in [0.717, 1.165) is 23.4 Å². The number of carbonyl (C=O) groups excluding carboxylic acids is 1. The molecule has 0 saturated carbocycles. The van der Waals surface area contributed by atoms with Gasteiger partial charge in [0.2, 0.25) is 5.91 Å². The largest absolute Gasteiger partial charge is 0.491 e. The van der Waals surface area contributed by atoms with Crippen molar-refractivity contribution in [3.8, 4) is 5.75 Å². The fourth-order valence-corrected chi connectivity index (χ4v) is 2.36. The smallest absolute Gasteiger partial charge is 0.221 e. The molecule has 0 radical (unpaired) electrons. The molecule has 0 fully saturated rings. The van der Waals surface area contributed by atoms with E-state index in [2.05, 4.69) is 20.9 Å². The SMILES string of the molecule is CCNC(=NCc1ccc(C)cc1OCCOC)NCCC(=O)NC(C)C. The molecule has 7 nitrogen and oxygen atoms in total. The molecule has 0 saturated heterocycles. The average molecular weight is 379 g/mol. The van der Waals surface area contributed by atoms with Crippen molar-refractivity contribution in [2.75, 3.05) is 33.4 Å². The Kier molecular flexibility index (Phi) is 10.9. The second-order valence-electron chi connectivity index (χ2n) is 6.55. The van der Waals surface area contributed by atoms with Gasteiger partial charge in [-0.2, -0.15) is 0 Å². The molecule has 1 rings (SSSR count). The van der Waals surface area contributed by atoms with Gasteiger partial charge in [-0.15, -0.1) is 0 Å². The van der Waals surface area contributed by atoms with Crippen molar-refractivity contribution in [3.05, 3.63) is 29.3 Å². The molecule has 0 aliphatic heterocycles. The van der Waals surface area contributed by atoms with Crippen LogP contribution in [-0.4, -0.2) is 51.3 Å². The van der Waals surface area contributed by atoms with E-state index in [0.29, 0.717) is 38.7 Å². The van der Waals surface area contributed by atoms with Crippen molar-refractivity contribution in [1.29, 1.82) is 0 Å². The zero-order valence-electron chi connectivity index (χ0n) is 17.2. The lowest BCUT2D eigenvalue weighted by atomic mass is 10.1. The number of aliphatic imine (C=N–C) groups is 1. The van der Waals surface area contributed by atoms with Crippen LogP contribution < -0.4 is 20.7 Å². The maximum absolute atomic E-state index is 11.7. The summed E-state index contributed by atoms with van der Waals surface area (Å²) in [4.78, 5) is 16.3. The monoisotopic (exact) mass is 378 g/mol. The number of hydrogen-bond donors (Lipinski definition) is 3. The lowest BCUT2D eigenvalue weighted by Crippen LogP contribution is -2.40. The first kappa shape index (κ1) is 22.8. The third-order valence-corrected chi connectivity index (χ3v) is 3.61. The molecule has 3 N–H and O–H groups in total. The lowest BCUT2D eigenvalue weighted by Gasteiger charge is -2.14. The molecule has 0 heterocycles. The van der Waals surface area contributed by atoms with Gasteiger partial charge in [0.1, 0.15) is 12.4 Å². The van der Waals surface area contributed by atoms with Gasteiger partial charge in [0, 0.05) is 38.2 Å². The molecule has 27 heavy (non-hydrogen) atoms. The van der Waals surface area contributed by atoms with E-state index in [9.17, 15) is 4.79 Å². The molecule has 0 aliphatic carbocycles.